The number of hydrogen-bond donors (Lipinski definition) is 1. The van der Waals surface area contributed by atoms with Crippen LogP contribution in [0.25, 0.3) is 0 Å². The second kappa shape index (κ2) is 5.00. The highest BCUT2D eigenvalue weighted by atomic mass is 16.5. The number of fused-ring (bicyclic) bond motifs is 2. The molecular formula is C17H17NO2. The number of methoxy groups -OCH3 is 1. The highest BCUT2D eigenvalue weighted by molar-refractivity contribution is 5.83. The van der Waals surface area contributed by atoms with Gasteiger partial charge in [0.1, 0.15) is 5.75 Å². The highest BCUT2D eigenvalue weighted by Crippen LogP contribution is 2.33. The topological polar surface area (TPSA) is 52.3 Å². The third-order valence-corrected chi connectivity index (χ3v) is 4.00. The fourth-order valence-corrected chi connectivity index (χ4v) is 2.90. The van der Waals surface area contributed by atoms with Crippen molar-refractivity contribution in [1.82, 2.24) is 0 Å². The molecule has 0 fully saturated rings. The van der Waals surface area contributed by atoms with Crippen molar-refractivity contribution in [3.05, 3.63) is 64.7 Å². The van der Waals surface area contributed by atoms with Gasteiger partial charge in [-0.25, -0.2) is 0 Å². The van der Waals surface area contributed by atoms with E-state index in [1.807, 2.05) is 30.3 Å². The summed E-state index contributed by atoms with van der Waals surface area (Å²) in [6.07, 6.45) is 1.49. The lowest BCUT2D eigenvalue weighted by atomic mass is 9.90. The highest BCUT2D eigenvalue weighted by Gasteiger charge is 2.26. The molecule has 1 aliphatic rings. The molecule has 1 atom stereocenters. The van der Waals surface area contributed by atoms with Gasteiger partial charge in [0.05, 0.1) is 13.0 Å². The van der Waals surface area contributed by atoms with E-state index in [4.69, 9.17) is 10.5 Å². The third kappa shape index (κ3) is 2.16. The molecule has 0 spiro atoms. The number of amides is 1. The number of carbonyl (C=O) groups excluding carboxylic acids is 1. The Morgan fingerprint density at radius 3 is 2.60 bits per heavy atom. The van der Waals surface area contributed by atoms with Crippen molar-refractivity contribution in [3.8, 4) is 5.75 Å². The van der Waals surface area contributed by atoms with Crippen LogP contribution in [0, 0.1) is 0 Å². The number of primary amides is 1. The Morgan fingerprint density at radius 1 is 1.15 bits per heavy atom. The van der Waals surface area contributed by atoms with Gasteiger partial charge < -0.3 is 10.5 Å². The van der Waals surface area contributed by atoms with E-state index in [9.17, 15) is 4.79 Å². The van der Waals surface area contributed by atoms with E-state index >= 15 is 0 Å². The predicted molar refractivity (Wildman–Crippen MR) is 77.9 cm³/mol. The minimum absolute atomic E-state index is 0.281. The standard InChI is InChI=1S/C17H17NO2/c1-20-14-7-6-13-8-11-4-2-3-5-12(11)9-16(17(18)19)15(13)10-14/h2-7,10,16H,8-9H2,1H3,(H2,18,19)/t16-/m0/s1. The molecule has 102 valence electrons. The minimum atomic E-state index is -0.288. The van der Waals surface area contributed by atoms with Crippen molar-refractivity contribution >= 4 is 5.91 Å². The van der Waals surface area contributed by atoms with E-state index in [-0.39, 0.29) is 11.8 Å². The maximum atomic E-state index is 11.9. The smallest absolute Gasteiger partial charge is 0.225 e. The molecule has 0 heterocycles. The van der Waals surface area contributed by atoms with Crippen LogP contribution in [0.2, 0.25) is 0 Å². The first kappa shape index (κ1) is 12.7. The first-order valence-electron chi connectivity index (χ1n) is 6.72. The van der Waals surface area contributed by atoms with E-state index in [0.29, 0.717) is 6.42 Å². The van der Waals surface area contributed by atoms with E-state index in [0.717, 1.165) is 23.3 Å². The average Bonchev–Trinajstić information content (AvgIpc) is 2.62. The number of hydrogen-bond acceptors (Lipinski definition) is 2. The van der Waals surface area contributed by atoms with Crippen LogP contribution in [-0.2, 0) is 17.6 Å². The first-order valence-corrected chi connectivity index (χ1v) is 6.72. The molecule has 0 saturated heterocycles. The molecule has 2 N–H and O–H groups in total. The maximum Gasteiger partial charge on any atom is 0.225 e. The molecule has 2 aromatic carbocycles. The quantitative estimate of drug-likeness (QED) is 0.908. The van der Waals surface area contributed by atoms with E-state index in [1.165, 1.54) is 11.1 Å². The summed E-state index contributed by atoms with van der Waals surface area (Å²) < 4.78 is 5.27. The lowest BCUT2D eigenvalue weighted by Gasteiger charge is -2.15. The van der Waals surface area contributed by atoms with Crippen molar-refractivity contribution < 1.29 is 9.53 Å². The van der Waals surface area contributed by atoms with E-state index in [2.05, 4.69) is 12.1 Å². The molecule has 3 rings (SSSR count). The molecule has 3 heteroatoms. The zero-order valence-electron chi connectivity index (χ0n) is 11.4. The van der Waals surface area contributed by atoms with Gasteiger partial charge in [0.15, 0.2) is 0 Å². The predicted octanol–water partition coefficient (Wildman–Crippen LogP) is 2.41. The van der Waals surface area contributed by atoms with Crippen molar-refractivity contribution in [2.45, 2.75) is 18.8 Å². The zero-order chi connectivity index (χ0) is 14.1. The van der Waals surface area contributed by atoms with Gasteiger partial charge in [-0.3, -0.25) is 4.79 Å². The lowest BCUT2D eigenvalue weighted by Crippen LogP contribution is -2.23. The van der Waals surface area contributed by atoms with Crippen LogP contribution in [-0.4, -0.2) is 13.0 Å². The Bertz CT molecular complexity index is 664. The van der Waals surface area contributed by atoms with Crippen LogP contribution in [0.1, 0.15) is 28.2 Å². The molecule has 20 heavy (non-hydrogen) atoms. The van der Waals surface area contributed by atoms with Gasteiger partial charge in [-0.05, 0) is 47.2 Å². The van der Waals surface area contributed by atoms with Crippen LogP contribution in [0.5, 0.6) is 5.75 Å². The summed E-state index contributed by atoms with van der Waals surface area (Å²) >= 11 is 0. The summed E-state index contributed by atoms with van der Waals surface area (Å²) in [7, 11) is 1.63. The SMILES string of the molecule is COc1ccc2c(c1)[C@@H](C(N)=O)Cc1ccccc1C2. The minimum Gasteiger partial charge on any atom is -0.497 e. The maximum absolute atomic E-state index is 11.9. The Labute approximate surface area is 118 Å². The van der Waals surface area contributed by atoms with E-state index < -0.39 is 0 Å². The fourth-order valence-electron chi connectivity index (χ4n) is 2.90. The Morgan fingerprint density at radius 2 is 1.90 bits per heavy atom. The number of carbonyl (C=O) groups is 1. The summed E-state index contributed by atoms with van der Waals surface area (Å²) in [5, 5.41) is 0. The summed E-state index contributed by atoms with van der Waals surface area (Å²) in [5.74, 6) is 0.195. The molecular weight excluding hydrogens is 250 g/mol. The van der Waals surface area contributed by atoms with Gasteiger partial charge in [0.2, 0.25) is 5.91 Å². The Balaban J connectivity index is 2.16. The third-order valence-electron chi connectivity index (χ3n) is 4.00. The van der Waals surface area contributed by atoms with Gasteiger partial charge >= 0.3 is 0 Å². The Hall–Kier alpha value is -2.29. The second-order valence-electron chi connectivity index (χ2n) is 5.17. The summed E-state index contributed by atoms with van der Waals surface area (Å²) in [5.41, 5.74) is 10.2. The first-order chi connectivity index (χ1) is 9.69. The van der Waals surface area contributed by atoms with Crippen LogP contribution in [0.15, 0.2) is 42.5 Å². The summed E-state index contributed by atoms with van der Waals surface area (Å²) in [6, 6.07) is 14.1. The second-order valence-corrected chi connectivity index (χ2v) is 5.17. The summed E-state index contributed by atoms with van der Waals surface area (Å²) in [6.45, 7) is 0. The van der Waals surface area contributed by atoms with Crippen LogP contribution in [0.4, 0.5) is 0 Å². The molecule has 0 unspecified atom stereocenters. The molecule has 0 aliphatic heterocycles. The van der Waals surface area contributed by atoms with Gasteiger partial charge in [0.25, 0.3) is 0 Å². The fraction of sp³-hybridized carbons (Fsp3) is 0.235. The number of ether oxygens (including phenoxy) is 1. The van der Waals surface area contributed by atoms with Gasteiger partial charge in [0, 0.05) is 0 Å². The number of benzene rings is 2. The van der Waals surface area contributed by atoms with Crippen molar-refractivity contribution in [2.24, 2.45) is 5.73 Å². The molecule has 1 amide bonds. The lowest BCUT2D eigenvalue weighted by molar-refractivity contribution is -0.119. The molecule has 0 bridgehead atoms. The van der Waals surface area contributed by atoms with Crippen molar-refractivity contribution in [1.29, 1.82) is 0 Å². The van der Waals surface area contributed by atoms with Crippen LogP contribution in [0.3, 0.4) is 0 Å². The monoisotopic (exact) mass is 267 g/mol. The van der Waals surface area contributed by atoms with Gasteiger partial charge in [-0.1, -0.05) is 30.3 Å². The Kier molecular flexibility index (Phi) is 3.18. The zero-order valence-corrected chi connectivity index (χ0v) is 11.4. The van der Waals surface area contributed by atoms with Gasteiger partial charge in [-0.2, -0.15) is 0 Å². The molecule has 1 aliphatic carbocycles. The molecule has 0 saturated carbocycles. The molecule has 0 aromatic heterocycles. The normalized spacial score (nSPS) is 16.8. The molecule has 3 nitrogen and oxygen atoms in total. The number of rotatable bonds is 2. The largest absolute Gasteiger partial charge is 0.497 e. The van der Waals surface area contributed by atoms with Crippen LogP contribution >= 0.6 is 0 Å². The van der Waals surface area contributed by atoms with Crippen molar-refractivity contribution in [3.63, 3.8) is 0 Å². The molecule has 2 aromatic rings. The van der Waals surface area contributed by atoms with E-state index in [1.54, 1.807) is 7.11 Å². The summed E-state index contributed by atoms with van der Waals surface area (Å²) in [4.78, 5) is 11.9. The average molecular weight is 267 g/mol. The van der Waals surface area contributed by atoms with Crippen LogP contribution < -0.4 is 10.5 Å². The van der Waals surface area contributed by atoms with Gasteiger partial charge in [-0.15, -0.1) is 0 Å². The molecule has 0 radical (unpaired) electrons. The van der Waals surface area contributed by atoms with Crippen molar-refractivity contribution in [2.75, 3.05) is 7.11 Å². The number of nitrogens with two attached hydrogens (primary N) is 1.